The van der Waals surface area contributed by atoms with Gasteiger partial charge >= 0.3 is 11.9 Å². The molecule has 0 aromatic heterocycles. The van der Waals surface area contributed by atoms with Crippen LogP contribution in [0.4, 0.5) is 0 Å². The van der Waals surface area contributed by atoms with Crippen molar-refractivity contribution in [2.45, 2.75) is 135 Å². The molecule has 246 valence electrons. The summed E-state index contributed by atoms with van der Waals surface area (Å²) in [5.41, 5.74) is 0.221. The molecule has 3 unspecified atom stereocenters. The highest BCUT2D eigenvalue weighted by molar-refractivity contribution is 5.75. The van der Waals surface area contributed by atoms with Crippen LogP contribution in [0.25, 0.3) is 0 Å². The molecule has 1 saturated heterocycles. The van der Waals surface area contributed by atoms with Crippen LogP contribution in [-0.2, 0) is 23.8 Å². The fraction of sp³-hybridized carbons (Fsp3) is 0.939. The predicted octanol–water partition coefficient (Wildman–Crippen LogP) is 2.55. The van der Waals surface area contributed by atoms with Crippen LogP contribution in [0.3, 0.4) is 0 Å². The number of carbonyl (C=O) groups excluding carboxylic acids is 2. The molecule has 1 aliphatic heterocycles. The van der Waals surface area contributed by atoms with Crippen molar-refractivity contribution in [2.75, 3.05) is 7.11 Å². The zero-order valence-corrected chi connectivity index (χ0v) is 26.4. The van der Waals surface area contributed by atoms with Crippen LogP contribution in [0, 0.1) is 52.3 Å². The van der Waals surface area contributed by atoms with Crippen molar-refractivity contribution in [1.29, 1.82) is 0 Å². The second kappa shape index (κ2) is 12.5. The van der Waals surface area contributed by atoms with Crippen LogP contribution in [-0.4, -0.2) is 87.5 Å². The Morgan fingerprint density at radius 3 is 2.23 bits per heavy atom. The van der Waals surface area contributed by atoms with Crippen molar-refractivity contribution in [1.82, 2.24) is 0 Å². The Morgan fingerprint density at radius 2 is 1.56 bits per heavy atom. The monoisotopic (exact) mass is 610 g/mol. The lowest BCUT2D eigenvalue weighted by Gasteiger charge is -2.64. The van der Waals surface area contributed by atoms with Gasteiger partial charge in [0.1, 0.15) is 18.3 Å². The molecule has 4 aliphatic carbocycles. The van der Waals surface area contributed by atoms with Crippen LogP contribution in [0.2, 0.25) is 0 Å². The fourth-order valence-corrected chi connectivity index (χ4v) is 10.9. The van der Waals surface area contributed by atoms with E-state index in [-0.39, 0.29) is 47.2 Å². The normalized spacial score (nSPS) is 50.1. The molecule has 5 rings (SSSR count). The number of ether oxygens (including phenoxy) is 3. The van der Waals surface area contributed by atoms with Crippen LogP contribution in [0.1, 0.15) is 91.9 Å². The van der Waals surface area contributed by atoms with Crippen molar-refractivity contribution in [3.8, 4) is 0 Å². The van der Waals surface area contributed by atoms with Crippen LogP contribution in [0.5, 0.6) is 0 Å². The van der Waals surface area contributed by atoms with Gasteiger partial charge in [-0.3, -0.25) is 4.79 Å². The number of carbonyl (C=O) groups is 2. The molecule has 1 heterocycles. The second-order valence-electron chi connectivity index (χ2n) is 15.0. The third kappa shape index (κ3) is 5.56. The Kier molecular flexibility index (Phi) is 9.60. The minimum Gasteiger partial charge on any atom is -0.467 e. The standard InChI is InChI=1S/C33H54O10/c1-6-18-22-15-17(34)11-13-33(22,4)21-12-14-32(3)19(8-9-20(32)24(21)25(18)36)16(2)7-10-23(35)42-31-28(39)26(37)27(38)29(43-31)30(40)41-5/h16-22,24-29,31,34,36-39H,6-15H2,1-5H3/t16-,17-,18-,19-,20?,21?,22+,24?,25-,26+,27+,28-,29+,31-,32-,33-/m1/s1. The Bertz CT molecular complexity index is 1020. The Balaban J connectivity index is 1.23. The molecule has 0 aromatic carbocycles. The van der Waals surface area contributed by atoms with Gasteiger partial charge in [-0.05, 0) is 104 Å². The number of methoxy groups -OCH3 is 1. The molecule has 5 aliphatic rings. The molecule has 0 aromatic rings. The van der Waals surface area contributed by atoms with E-state index in [4.69, 9.17) is 9.47 Å². The summed E-state index contributed by atoms with van der Waals surface area (Å²) < 4.78 is 15.2. The first kappa shape index (κ1) is 33.1. The van der Waals surface area contributed by atoms with E-state index in [0.29, 0.717) is 30.1 Å². The maximum Gasteiger partial charge on any atom is 0.337 e. The minimum absolute atomic E-state index is 0.0673. The Labute approximate surface area is 255 Å². The van der Waals surface area contributed by atoms with Gasteiger partial charge in [0.05, 0.1) is 19.3 Å². The predicted molar refractivity (Wildman–Crippen MR) is 155 cm³/mol. The summed E-state index contributed by atoms with van der Waals surface area (Å²) in [5.74, 6) is 0.800. The van der Waals surface area contributed by atoms with E-state index in [1.54, 1.807) is 0 Å². The summed E-state index contributed by atoms with van der Waals surface area (Å²) in [6.45, 7) is 9.22. The number of hydrogen-bond donors (Lipinski definition) is 5. The van der Waals surface area contributed by atoms with Crippen molar-refractivity contribution in [2.24, 2.45) is 52.3 Å². The number of aliphatic hydroxyl groups excluding tert-OH is 5. The van der Waals surface area contributed by atoms with Gasteiger partial charge in [0.2, 0.25) is 6.29 Å². The number of rotatable bonds is 7. The van der Waals surface area contributed by atoms with E-state index in [9.17, 15) is 35.1 Å². The van der Waals surface area contributed by atoms with Crippen molar-refractivity contribution >= 4 is 11.9 Å². The maximum atomic E-state index is 12.8. The summed E-state index contributed by atoms with van der Waals surface area (Å²) in [7, 11) is 1.11. The number of aliphatic hydroxyl groups is 5. The average Bonchev–Trinajstić information content (AvgIpc) is 3.34. The summed E-state index contributed by atoms with van der Waals surface area (Å²) in [4.78, 5) is 24.8. The molecule has 0 bridgehead atoms. The van der Waals surface area contributed by atoms with Gasteiger partial charge < -0.3 is 39.7 Å². The molecule has 0 spiro atoms. The van der Waals surface area contributed by atoms with Gasteiger partial charge in [0, 0.05) is 6.42 Å². The van der Waals surface area contributed by atoms with Crippen LogP contribution >= 0.6 is 0 Å². The molecule has 10 heteroatoms. The molecule has 4 saturated carbocycles. The number of esters is 2. The molecule has 16 atom stereocenters. The molecule has 5 fully saturated rings. The van der Waals surface area contributed by atoms with Gasteiger partial charge in [0.15, 0.2) is 6.10 Å². The third-order valence-corrected chi connectivity index (χ3v) is 13.2. The first-order chi connectivity index (χ1) is 20.3. The average molecular weight is 611 g/mol. The zero-order chi connectivity index (χ0) is 31.4. The van der Waals surface area contributed by atoms with Gasteiger partial charge in [0.25, 0.3) is 0 Å². The fourth-order valence-electron chi connectivity index (χ4n) is 10.9. The lowest BCUT2D eigenvalue weighted by Crippen LogP contribution is -2.62. The first-order valence-electron chi connectivity index (χ1n) is 16.6. The van der Waals surface area contributed by atoms with Gasteiger partial charge in [-0.1, -0.05) is 34.1 Å². The van der Waals surface area contributed by atoms with Crippen molar-refractivity contribution in [3.05, 3.63) is 0 Å². The lowest BCUT2D eigenvalue weighted by atomic mass is 9.41. The minimum atomic E-state index is -1.74. The third-order valence-electron chi connectivity index (χ3n) is 13.2. The van der Waals surface area contributed by atoms with Gasteiger partial charge in [-0.2, -0.15) is 0 Å². The van der Waals surface area contributed by atoms with E-state index in [1.165, 1.54) is 0 Å². The van der Waals surface area contributed by atoms with Crippen LogP contribution < -0.4 is 0 Å². The summed E-state index contributed by atoms with van der Waals surface area (Å²) in [6, 6.07) is 0. The van der Waals surface area contributed by atoms with Crippen molar-refractivity contribution < 1.29 is 49.3 Å². The molecular formula is C33H54O10. The zero-order valence-electron chi connectivity index (χ0n) is 26.4. The van der Waals surface area contributed by atoms with E-state index >= 15 is 0 Å². The number of fused-ring (bicyclic) bond motifs is 5. The highest BCUT2D eigenvalue weighted by atomic mass is 16.7. The van der Waals surface area contributed by atoms with Crippen molar-refractivity contribution in [3.63, 3.8) is 0 Å². The molecule has 0 radical (unpaired) electrons. The molecule has 5 N–H and O–H groups in total. The van der Waals surface area contributed by atoms with E-state index in [2.05, 4.69) is 32.4 Å². The highest BCUT2D eigenvalue weighted by Gasteiger charge is 2.65. The molecular weight excluding hydrogens is 556 g/mol. The molecule has 0 amide bonds. The summed E-state index contributed by atoms with van der Waals surface area (Å²) in [6.07, 6.45) is -0.339. The van der Waals surface area contributed by atoms with Gasteiger partial charge in [-0.25, -0.2) is 4.79 Å². The summed E-state index contributed by atoms with van der Waals surface area (Å²) >= 11 is 0. The maximum absolute atomic E-state index is 12.8. The largest absolute Gasteiger partial charge is 0.467 e. The van der Waals surface area contributed by atoms with E-state index in [1.807, 2.05) is 0 Å². The van der Waals surface area contributed by atoms with E-state index < -0.39 is 42.6 Å². The smallest absolute Gasteiger partial charge is 0.337 e. The molecule has 10 nitrogen and oxygen atoms in total. The summed E-state index contributed by atoms with van der Waals surface area (Å²) in [5, 5.41) is 53.0. The molecule has 43 heavy (non-hydrogen) atoms. The quantitative estimate of drug-likeness (QED) is 0.271. The number of hydrogen-bond acceptors (Lipinski definition) is 10. The first-order valence-corrected chi connectivity index (χ1v) is 16.6. The lowest BCUT2D eigenvalue weighted by molar-refractivity contribution is -0.287. The van der Waals surface area contributed by atoms with E-state index in [0.717, 1.165) is 58.5 Å². The van der Waals surface area contributed by atoms with Gasteiger partial charge in [-0.15, -0.1) is 0 Å². The van der Waals surface area contributed by atoms with Crippen LogP contribution in [0.15, 0.2) is 0 Å². The Morgan fingerprint density at radius 1 is 0.884 bits per heavy atom. The Hall–Kier alpha value is -1.30. The highest BCUT2D eigenvalue weighted by Crippen LogP contribution is 2.69. The SMILES string of the molecule is CC[C@H]1[C@@H](O)C2C3CC[C@H]([C@H](C)CCC(=O)O[C@@H]4O[C@H](C(=O)OC)[C@@H](O)[C@H](O)[C@H]4O)[C@@]3(C)CCC2[C@@]2(C)CC[C@@H](O)C[C@@H]12. The topological polar surface area (TPSA) is 163 Å². The second-order valence-corrected chi connectivity index (χ2v) is 15.0.